The molecule has 0 radical (unpaired) electrons. The van der Waals surface area contributed by atoms with Crippen LogP contribution in [0, 0.1) is 0 Å². The summed E-state index contributed by atoms with van der Waals surface area (Å²) < 4.78 is 0. The van der Waals surface area contributed by atoms with Crippen LogP contribution in [-0.2, 0) is 0 Å². The van der Waals surface area contributed by atoms with Crippen molar-refractivity contribution in [3.05, 3.63) is 42.1 Å². The lowest BCUT2D eigenvalue weighted by Crippen LogP contribution is -2.22. The van der Waals surface area contributed by atoms with E-state index in [2.05, 4.69) is 10.2 Å². The van der Waals surface area contributed by atoms with Crippen molar-refractivity contribution in [3.63, 3.8) is 0 Å². The topological polar surface area (TPSA) is 89.4 Å². The number of aliphatic hydroxyl groups is 3. The number of hydrogen-bond acceptors (Lipinski definition) is 4. The van der Waals surface area contributed by atoms with Crippen molar-refractivity contribution in [1.82, 2.24) is 10.2 Å². The Bertz CT molecular complexity index is 470. The van der Waals surface area contributed by atoms with E-state index >= 15 is 0 Å². The monoisotopic (exact) mass is 234 g/mol. The summed E-state index contributed by atoms with van der Waals surface area (Å²) in [4.78, 5) is 0. The van der Waals surface area contributed by atoms with Gasteiger partial charge >= 0.3 is 0 Å². The molecule has 5 nitrogen and oxygen atoms in total. The molecule has 0 aliphatic carbocycles. The molecule has 2 rings (SSSR count). The van der Waals surface area contributed by atoms with Gasteiger partial charge in [0.15, 0.2) is 0 Å². The molecule has 2 aromatic rings. The van der Waals surface area contributed by atoms with Gasteiger partial charge < -0.3 is 15.3 Å². The fourth-order valence-corrected chi connectivity index (χ4v) is 1.66. The normalized spacial score (nSPS) is 14.5. The first-order valence-corrected chi connectivity index (χ1v) is 5.29. The Kier molecular flexibility index (Phi) is 3.53. The molecule has 0 fully saturated rings. The highest BCUT2D eigenvalue weighted by Gasteiger charge is 2.22. The average Bonchev–Trinajstić information content (AvgIpc) is 2.87. The van der Waals surface area contributed by atoms with Gasteiger partial charge in [0.05, 0.1) is 18.5 Å². The zero-order valence-electron chi connectivity index (χ0n) is 9.11. The highest BCUT2D eigenvalue weighted by atomic mass is 16.4. The molecule has 0 aliphatic heterocycles. The van der Waals surface area contributed by atoms with Gasteiger partial charge in [-0.25, -0.2) is 0 Å². The molecule has 1 aromatic carbocycles. The fraction of sp³-hybridized carbons (Fsp3) is 0.250. The second-order valence-corrected chi connectivity index (χ2v) is 3.76. The number of aliphatic hydroxyl groups excluding tert-OH is 3. The number of hydrogen-bond donors (Lipinski definition) is 4. The molecule has 2 atom stereocenters. The third-order valence-corrected chi connectivity index (χ3v) is 2.60. The van der Waals surface area contributed by atoms with Crippen molar-refractivity contribution in [2.75, 3.05) is 6.61 Å². The van der Waals surface area contributed by atoms with E-state index in [1.165, 1.54) is 6.20 Å². The summed E-state index contributed by atoms with van der Waals surface area (Å²) in [7, 11) is 0. The van der Waals surface area contributed by atoms with Gasteiger partial charge in [0, 0.05) is 5.56 Å². The lowest BCUT2D eigenvalue weighted by atomic mass is 10.0. The van der Waals surface area contributed by atoms with Crippen LogP contribution < -0.4 is 0 Å². The summed E-state index contributed by atoms with van der Waals surface area (Å²) in [5.41, 5.74) is 1.98. The number of aromatic amines is 1. The van der Waals surface area contributed by atoms with Crippen LogP contribution in [0.15, 0.2) is 36.5 Å². The van der Waals surface area contributed by atoms with Crippen LogP contribution in [0.4, 0.5) is 0 Å². The number of rotatable bonds is 4. The van der Waals surface area contributed by atoms with E-state index in [4.69, 9.17) is 5.11 Å². The Morgan fingerprint density at radius 3 is 2.53 bits per heavy atom. The summed E-state index contributed by atoms with van der Waals surface area (Å²) in [5.74, 6) is 0. The maximum Gasteiger partial charge on any atom is 0.111 e. The molecule has 0 spiro atoms. The first-order chi connectivity index (χ1) is 8.24. The molecule has 2 unspecified atom stereocenters. The van der Waals surface area contributed by atoms with E-state index in [1.807, 2.05) is 30.3 Å². The van der Waals surface area contributed by atoms with Gasteiger partial charge in [0.1, 0.15) is 12.2 Å². The molecule has 5 heteroatoms. The zero-order valence-corrected chi connectivity index (χ0v) is 9.11. The molecule has 17 heavy (non-hydrogen) atoms. The maximum atomic E-state index is 9.85. The van der Waals surface area contributed by atoms with Gasteiger partial charge in [-0.15, -0.1) is 0 Å². The molecule has 0 aliphatic rings. The first-order valence-electron chi connectivity index (χ1n) is 5.29. The second kappa shape index (κ2) is 5.09. The minimum Gasteiger partial charge on any atom is -0.394 e. The Morgan fingerprint density at radius 1 is 1.18 bits per heavy atom. The fourth-order valence-electron chi connectivity index (χ4n) is 1.66. The van der Waals surface area contributed by atoms with Crippen LogP contribution >= 0.6 is 0 Å². The van der Waals surface area contributed by atoms with Crippen LogP contribution in [0.3, 0.4) is 0 Å². The van der Waals surface area contributed by atoms with E-state index in [1.54, 1.807) is 0 Å². The molecule has 0 saturated heterocycles. The van der Waals surface area contributed by atoms with Crippen molar-refractivity contribution in [2.45, 2.75) is 12.2 Å². The lowest BCUT2D eigenvalue weighted by Gasteiger charge is -2.15. The molecule has 0 bridgehead atoms. The predicted molar refractivity (Wildman–Crippen MR) is 62.1 cm³/mol. The van der Waals surface area contributed by atoms with Crippen LogP contribution in [-0.4, -0.2) is 38.2 Å². The molecule has 1 heterocycles. The quantitative estimate of drug-likeness (QED) is 0.619. The maximum absolute atomic E-state index is 9.85. The highest BCUT2D eigenvalue weighted by Crippen LogP contribution is 2.27. The van der Waals surface area contributed by atoms with E-state index in [9.17, 15) is 10.2 Å². The standard InChI is InChI=1S/C12H14N2O3/c15-7-10(16)12(17)9-6-13-14-11(9)8-4-2-1-3-5-8/h1-6,10,12,15-17H,7H2,(H,13,14). The summed E-state index contributed by atoms with van der Waals surface area (Å²) in [6.45, 7) is -0.499. The van der Waals surface area contributed by atoms with Gasteiger partial charge in [0.25, 0.3) is 0 Å². The van der Waals surface area contributed by atoms with Crippen molar-refractivity contribution in [1.29, 1.82) is 0 Å². The van der Waals surface area contributed by atoms with Crippen molar-refractivity contribution in [3.8, 4) is 11.3 Å². The van der Waals surface area contributed by atoms with Crippen LogP contribution in [0.1, 0.15) is 11.7 Å². The second-order valence-electron chi connectivity index (χ2n) is 3.76. The van der Waals surface area contributed by atoms with Gasteiger partial charge in [-0.05, 0) is 5.56 Å². The van der Waals surface area contributed by atoms with E-state index < -0.39 is 18.8 Å². The largest absolute Gasteiger partial charge is 0.394 e. The number of nitrogens with zero attached hydrogens (tertiary/aromatic N) is 1. The zero-order chi connectivity index (χ0) is 12.3. The molecule has 1 aromatic heterocycles. The smallest absolute Gasteiger partial charge is 0.111 e. The minimum absolute atomic E-state index is 0.470. The highest BCUT2D eigenvalue weighted by molar-refractivity contribution is 5.62. The Morgan fingerprint density at radius 2 is 1.88 bits per heavy atom. The van der Waals surface area contributed by atoms with E-state index in [0.717, 1.165) is 5.56 Å². The van der Waals surface area contributed by atoms with Gasteiger partial charge in [-0.1, -0.05) is 30.3 Å². The van der Waals surface area contributed by atoms with Crippen LogP contribution in [0.2, 0.25) is 0 Å². The van der Waals surface area contributed by atoms with Crippen molar-refractivity contribution >= 4 is 0 Å². The number of aromatic nitrogens is 2. The third-order valence-electron chi connectivity index (χ3n) is 2.60. The molecule has 0 amide bonds. The van der Waals surface area contributed by atoms with Crippen LogP contribution in [0.25, 0.3) is 11.3 Å². The Hall–Kier alpha value is -1.69. The molecule has 90 valence electrons. The van der Waals surface area contributed by atoms with E-state index in [0.29, 0.717) is 11.3 Å². The Balaban J connectivity index is 2.35. The molecular weight excluding hydrogens is 220 g/mol. The number of benzene rings is 1. The number of H-pyrrole nitrogens is 1. The summed E-state index contributed by atoms with van der Waals surface area (Å²) >= 11 is 0. The van der Waals surface area contributed by atoms with Gasteiger partial charge in [-0.2, -0.15) is 5.10 Å². The predicted octanol–water partition coefficient (Wildman–Crippen LogP) is 0.463. The average molecular weight is 234 g/mol. The van der Waals surface area contributed by atoms with Gasteiger partial charge in [0.2, 0.25) is 0 Å². The van der Waals surface area contributed by atoms with Crippen molar-refractivity contribution in [2.24, 2.45) is 0 Å². The minimum atomic E-state index is -1.21. The third kappa shape index (κ3) is 2.36. The molecular formula is C12H14N2O3. The Labute approximate surface area is 98.4 Å². The van der Waals surface area contributed by atoms with E-state index in [-0.39, 0.29) is 0 Å². The first kappa shape index (κ1) is 11.8. The van der Waals surface area contributed by atoms with Gasteiger partial charge in [-0.3, -0.25) is 5.10 Å². The van der Waals surface area contributed by atoms with Crippen molar-refractivity contribution < 1.29 is 15.3 Å². The lowest BCUT2D eigenvalue weighted by molar-refractivity contribution is -0.0149. The SMILES string of the molecule is OCC(O)C(O)c1cn[nH]c1-c1ccccc1. The summed E-state index contributed by atoms with van der Waals surface area (Å²) in [6, 6.07) is 9.37. The molecule has 0 saturated carbocycles. The summed E-state index contributed by atoms with van der Waals surface area (Å²) in [6.07, 6.45) is -0.921. The number of nitrogens with one attached hydrogen (secondary N) is 1. The van der Waals surface area contributed by atoms with Crippen LogP contribution in [0.5, 0.6) is 0 Å². The molecule has 4 N–H and O–H groups in total. The summed E-state index contributed by atoms with van der Waals surface area (Å²) in [5, 5.41) is 34.7.